The summed E-state index contributed by atoms with van der Waals surface area (Å²) in [5.74, 6) is 0.466. The summed E-state index contributed by atoms with van der Waals surface area (Å²) in [4.78, 5) is 4.11. The van der Waals surface area contributed by atoms with Crippen LogP contribution < -0.4 is 5.32 Å². The van der Waals surface area contributed by atoms with Crippen molar-refractivity contribution in [2.24, 2.45) is 7.05 Å². The topological polar surface area (TPSA) is 42.7 Å². The summed E-state index contributed by atoms with van der Waals surface area (Å²) in [5.41, 5.74) is 1.79. The van der Waals surface area contributed by atoms with Crippen LogP contribution in [0.25, 0.3) is 0 Å². The molecule has 0 saturated heterocycles. The highest BCUT2D eigenvalue weighted by Gasteiger charge is 2.11. The maximum atomic E-state index is 6.06. The van der Waals surface area contributed by atoms with E-state index in [0.717, 1.165) is 17.8 Å². The van der Waals surface area contributed by atoms with Crippen molar-refractivity contribution in [3.63, 3.8) is 0 Å². The highest BCUT2D eigenvalue weighted by Crippen LogP contribution is 2.31. The Labute approximate surface area is 120 Å². The Morgan fingerprint density at radius 2 is 2.00 bits per heavy atom. The number of hydrogen-bond acceptors (Lipinski definition) is 3. The molecule has 4 nitrogen and oxygen atoms in total. The lowest BCUT2D eigenvalue weighted by molar-refractivity contribution is 0.746. The van der Waals surface area contributed by atoms with Gasteiger partial charge in [-0.25, -0.2) is 4.98 Å². The molecule has 0 saturated carbocycles. The van der Waals surface area contributed by atoms with Gasteiger partial charge in [0.25, 0.3) is 0 Å². The molecule has 0 aliphatic rings. The minimum Gasteiger partial charge on any atom is -0.336 e. The van der Waals surface area contributed by atoms with Crippen molar-refractivity contribution < 1.29 is 0 Å². The molecule has 7 heteroatoms. The molecule has 96 valence electrons. The number of aromatic nitrogens is 3. The van der Waals surface area contributed by atoms with Crippen molar-refractivity contribution in [3.05, 3.63) is 33.2 Å². The van der Waals surface area contributed by atoms with Crippen molar-refractivity contribution in [1.29, 1.82) is 0 Å². The summed E-state index contributed by atoms with van der Waals surface area (Å²) >= 11 is 17.8. The molecular weight excluding hydrogens is 295 g/mol. The van der Waals surface area contributed by atoms with E-state index in [4.69, 9.17) is 34.8 Å². The average molecular weight is 306 g/mol. The van der Waals surface area contributed by atoms with Crippen LogP contribution in [0, 0.1) is 0 Å². The summed E-state index contributed by atoms with van der Waals surface area (Å²) in [6, 6.07) is 1.56. The molecule has 0 spiro atoms. The molecule has 2 aromatic rings. The minimum absolute atomic E-state index is 0.213. The first-order valence-electron chi connectivity index (χ1n) is 5.32. The Balaban J connectivity index is 2.36. The molecule has 2 rings (SSSR count). The predicted octanol–water partition coefficient (Wildman–Crippen LogP) is 4.08. The van der Waals surface area contributed by atoms with Crippen molar-refractivity contribution in [3.8, 4) is 0 Å². The van der Waals surface area contributed by atoms with Crippen molar-refractivity contribution in [2.45, 2.75) is 13.3 Å². The highest BCUT2D eigenvalue weighted by molar-refractivity contribution is 6.43. The Kier molecular flexibility index (Phi) is 4.00. The first-order valence-corrected chi connectivity index (χ1v) is 6.45. The molecule has 18 heavy (non-hydrogen) atoms. The van der Waals surface area contributed by atoms with Gasteiger partial charge in [-0.3, -0.25) is 4.68 Å². The van der Waals surface area contributed by atoms with E-state index in [1.807, 2.05) is 20.2 Å². The van der Waals surface area contributed by atoms with Gasteiger partial charge in [0.15, 0.2) is 5.82 Å². The smallest absolute Gasteiger partial charge is 0.151 e. The summed E-state index contributed by atoms with van der Waals surface area (Å²) < 4.78 is 1.73. The molecule has 2 heterocycles. The van der Waals surface area contributed by atoms with E-state index in [2.05, 4.69) is 15.4 Å². The number of pyridine rings is 1. The lowest BCUT2D eigenvalue weighted by Crippen LogP contribution is -1.97. The Morgan fingerprint density at radius 3 is 2.67 bits per heavy atom. The molecule has 0 atom stereocenters. The SMILES string of the molecule is CCc1nn(C)cc1Nc1nc(Cl)c(Cl)cc1Cl. The van der Waals surface area contributed by atoms with E-state index in [0.29, 0.717) is 15.9 Å². The second kappa shape index (κ2) is 5.34. The average Bonchev–Trinajstić information content (AvgIpc) is 2.66. The molecule has 0 aliphatic heterocycles. The van der Waals surface area contributed by atoms with Gasteiger partial charge in [0.1, 0.15) is 5.15 Å². The Morgan fingerprint density at radius 1 is 1.28 bits per heavy atom. The summed E-state index contributed by atoms with van der Waals surface area (Å²) in [7, 11) is 1.86. The lowest BCUT2D eigenvalue weighted by Gasteiger charge is -2.07. The first-order chi connectivity index (χ1) is 8.51. The van der Waals surface area contributed by atoms with E-state index in [9.17, 15) is 0 Å². The van der Waals surface area contributed by atoms with E-state index in [1.54, 1.807) is 10.7 Å². The third-order valence-corrected chi connectivity index (χ3v) is 3.34. The van der Waals surface area contributed by atoms with E-state index in [-0.39, 0.29) is 5.15 Å². The zero-order chi connectivity index (χ0) is 13.3. The molecule has 0 bridgehead atoms. The number of nitrogens with one attached hydrogen (secondary N) is 1. The first kappa shape index (κ1) is 13.5. The normalized spacial score (nSPS) is 10.7. The third kappa shape index (κ3) is 2.71. The van der Waals surface area contributed by atoms with Gasteiger partial charge >= 0.3 is 0 Å². The molecule has 2 aromatic heterocycles. The predicted molar refractivity (Wildman–Crippen MR) is 75.1 cm³/mol. The second-order valence-electron chi connectivity index (χ2n) is 3.73. The van der Waals surface area contributed by atoms with Gasteiger partial charge in [-0.05, 0) is 12.5 Å². The van der Waals surface area contributed by atoms with Gasteiger partial charge in [-0.15, -0.1) is 0 Å². The summed E-state index contributed by atoms with van der Waals surface area (Å²) in [6.45, 7) is 2.03. The standard InChI is InChI=1S/C11H11Cl3N4/c1-3-8-9(5-18(2)17-8)15-11-7(13)4-6(12)10(14)16-11/h4-5H,3H2,1-2H3,(H,15,16). The van der Waals surface area contributed by atoms with Crippen LogP contribution in [0.5, 0.6) is 0 Å². The van der Waals surface area contributed by atoms with Crippen LogP contribution in [0.2, 0.25) is 15.2 Å². The van der Waals surface area contributed by atoms with Gasteiger partial charge in [0.05, 0.1) is 21.4 Å². The fourth-order valence-electron chi connectivity index (χ4n) is 1.56. The summed E-state index contributed by atoms with van der Waals surface area (Å²) in [5, 5.41) is 8.38. The Bertz CT molecular complexity index is 580. The van der Waals surface area contributed by atoms with E-state index >= 15 is 0 Å². The molecule has 0 fully saturated rings. The largest absolute Gasteiger partial charge is 0.336 e. The number of anilines is 2. The molecule has 1 N–H and O–H groups in total. The fraction of sp³-hybridized carbons (Fsp3) is 0.273. The molecule has 0 unspecified atom stereocenters. The van der Waals surface area contributed by atoms with Crippen molar-refractivity contribution >= 4 is 46.3 Å². The lowest BCUT2D eigenvalue weighted by atomic mass is 10.3. The van der Waals surface area contributed by atoms with Crippen LogP contribution in [-0.4, -0.2) is 14.8 Å². The zero-order valence-corrected chi connectivity index (χ0v) is 12.1. The number of aryl methyl sites for hydroxylation is 2. The molecule has 0 amide bonds. The third-order valence-electron chi connectivity index (χ3n) is 2.38. The van der Waals surface area contributed by atoms with Gasteiger partial charge in [0.2, 0.25) is 0 Å². The fourth-order valence-corrected chi connectivity index (χ4v) is 2.10. The molecule has 0 aromatic carbocycles. The molecule has 0 aliphatic carbocycles. The van der Waals surface area contributed by atoms with Gasteiger partial charge in [-0.1, -0.05) is 41.7 Å². The van der Waals surface area contributed by atoms with Crippen LogP contribution in [0.4, 0.5) is 11.5 Å². The number of rotatable bonds is 3. The number of halogens is 3. The highest BCUT2D eigenvalue weighted by atomic mass is 35.5. The maximum Gasteiger partial charge on any atom is 0.151 e. The van der Waals surface area contributed by atoms with Gasteiger partial charge < -0.3 is 5.32 Å². The van der Waals surface area contributed by atoms with E-state index < -0.39 is 0 Å². The van der Waals surface area contributed by atoms with Crippen LogP contribution in [0.15, 0.2) is 12.3 Å². The van der Waals surface area contributed by atoms with Crippen LogP contribution >= 0.6 is 34.8 Å². The molecule has 0 radical (unpaired) electrons. The van der Waals surface area contributed by atoms with Crippen molar-refractivity contribution in [1.82, 2.24) is 14.8 Å². The quantitative estimate of drug-likeness (QED) is 0.869. The monoisotopic (exact) mass is 304 g/mol. The van der Waals surface area contributed by atoms with E-state index in [1.165, 1.54) is 0 Å². The molecular formula is C11H11Cl3N4. The Hall–Kier alpha value is -0.970. The van der Waals surface area contributed by atoms with Gasteiger partial charge in [0, 0.05) is 13.2 Å². The number of nitrogens with zero attached hydrogens (tertiary/aromatic N) is 3. The van der Waals surface area contributed by atoms with Crippen LogP contribution in [0.3, 0.4) is 0 Å². The van der Waals surface area contributed by atoms with Crippen molar-refractivity contribution in [2.75, 3.05) is 5.32 Å². The van der Waals surface area contributed by atoms with Gasteiger partial charge in [-0.2, -0.15) is 5.10 Å². The summed E-state index contributed by atoms with van der Waals surface area (Å²) in [6.07, 6.45) is 2.67. The maximum absolute atomic E-state index is 6.06. The second-order valence-corrected chi connectivity index (χ2v) is 4.91. The minimum atomic E-state index is 0.213. The van der Waals surface area contributed by atoms with Crippen LogP contribution in [-0.2, 0) is 13.5 Å². The number of hydrogen-bond donors (Lipinski definition) is 1. The van der Waals surface area contributed by atoms with Crippen LogP contribution in [0.1, 0.15) is 12.6 Å². The zero-order valence-electron chi connectivity index (χ0n) is 9.84.